The van der Waals surface area contributed by atoms with Gasteiger partial charge in [-0.05, 0) is 51.7 Å². The number of aliphatic hydroxyl groups is 3. The quantitative estimate of drug-likeness (QED) is 0.338. The van der Waals surface area contributed by atoms with E-state index in [2.05, 4.69) is 23.7 Å². The predicted octanol–water partition coefficient (Wildman–Crippen LogP) is 0.662. The number of unbranched alkanes of at least 4 members (excludes halogenated alkanes) is 3. The average Bonchev–Trinajstić information content (AvgIpc) is 3.02. The zero-order chi connectivity index (χ0) is 22.1. The number of hydrogen-bond donors (Lipinski definition) is 4. The van der Waals surface area contributed by atoms with Gasteiger partial charge in [-0.2, -0.15) is 4.98 Å². The standard InChI is InChI=1S/C21H38N4O5/c1-3-5-10-24(11-6-4-2)12-8-7-9-15-13-25(21(29)23-19(15)22)20-18(28)17(27)16(14-26)30-20/h13,16-18,20,26-28H,3-12,14H2,1-2H3,(H2,22,23,29)/t16-,17-,18-,20-/m1/s1. The highest BCUT2D eigenvalue weighted by atomic mass is 16.6. The van der Waals surface area contributed by atoms with Crippen molar-refractivity contribution in [2.75, 3.05) is 32.0 Å². The van der Waals surface area contributed by atoms with E-state index in [1.165, 1.54) is 25.7 Å². The number of hydrogen-bond acceptors (Lipinski definition) is 8. The molecule has 4 atom stereocenters. The van der Waals surface area contributed by atoms with Crippen molar-refractivity contribution in [1.82, 2.24) is 14.5 Å². The molecule has 2 heterocycles. The van der Waals surface area contributed by atoms with E-state index < -0.39 is 36.8 Å². The van der Waals surface area contributed by atoms with E-state index in [1.54, 1.807) is 6.20 Å². The number of ether oxygens (including phenoxy) is 1. The van der Waals surface area contributed by atoms with Gasteiger partial charge in [0.2, 0.25) is 0 Å². The van der Waals surface area contributed by atoms with Crippen LogP contribution in [0.3, 0.4) is 0 Å². The van der Waals surface area contributed by atoms with Gasteiger partial charge in [-0.25, -0.2) is 4.79 Å². The molecule has 1 saturated heterocycles. The Balaban J connectivity index is 1.98. The van der Waals surface area contributed by atoms with Gasteiger partial charge in [-0.15, -0.1) is 0 Å². The monoisotopic (exact) mass is 426 g/mol. The summed E-state index contributed by atoms with van der Waals surface area (Å²) in [6.07, 6.45) is 4.25. The maximum absolute atomic E-state index is 12.3. The molecule has 1 aliphatic heterocycles. The SMILES string of the molecule is CCCCN(CCCC)CCCCc1cn([C@@H]2O[C@H](CO)[C@@H](O)[C@H]2O)c(=O)nc1N. The van der Waals surface area contributed by atoms with Gasteiger partial charge in [0, 0.05) is 11.8 Å². The minimum Gasteiger partial charge on any atom is -0.394 e. The molecule has 0 aliphatic carbocycles. The van der Waals surface area contributed by atoms with Gasteiger partial charge in [0.05, 0.1) is 6.61 Å². The fourth-order valence-electron chi connectivity index (χ4n) is 3.76. The molecule has 0 aromatic carbocycles. The maximum Gasteiger partial charge on any atom is 0.351 e. The summed E-state index contributed by atoms with van der Waals surface area (Å²) in [5.74, 6) is 0.178. The van der Waals surface area contributed by atoms with Crippen LogP contribution in [0, 0.1) is 0 Å². The average molecular weight is 427 g/mol. The third-order valence-electron chi connectivity index (χ3n) is 5.68. The van der Waals surface area contributed by atoms with E-state index in [9.17, 15) is 20.1 Å². The third kappa shape index (κ3) is 6.49. The highest BCUT2D eigenvalue weighted by molar-refractivity contribution is 5.36. The molecule has 5 N–H and O–H groups in total. The van der Waals surface area contributed by atoms with E-state index >= 15 is 0 Å². The fraction of sp³-hybridized carbons (Fsp3) is 0.810. The van der Waals surface area contributed by atoms with E-state index in [0.29, 0.717) is 12.0 Å². The van der Waals surface area contributed by atoms with Gasteiger partial charge >= 0.3 is 5.69 Å². The highest BCUT2D eigenvalue weighted by Gasteiger charge is 2.43. The molecule has 0 saturated carbocycles. The summed E-state index contributed by atoms with van der Waals surface area (Å²) in [6.45, 7) is 7.23. The molecule has 0 amide bonds. The van der Waals surface area contributed by atoms with Gasteiger partial charge < -0.3 is 30.7 Å². The molecule has 1 aromatic heterocycles. The van der Waals surface area contributed by atoms with Crippen molar-refractivity contribution in [1.29, 1.82) is 0 Å². The normalized spacial score (nSPS) is 24.1. The van der Waals surface area contributed by atoms with Crippen LogP contribution in [0.1, 0.15) is 64.2 Å². The first-order valence-electron chi connectivity index (χ1n) is 11.1. The molecule has 9 heteroatoms. The van der Waals surface area contributed by atoms with Crippen LogP contribution in [0.25, 0.3) is 0 Å². The lowest BCUT2D eigenvalue weighted by Gasteiger charge is -2.22. The van der Waals surface area contributed by atoms with Crippen molar-refractivity contribution in [2.45, 2.75) is 83.3 Å². The van der Waals surface area contributed by atoms with Gasteiger partial charge in [0.25, 0.3) is 0 Å². The topological polar surface area (TPSA) is 134 Å². The number of anilines is 1. The fourth-order valence-corrected chi connectivity index (χ4v) is 3.76. The van der Waals surface area contributed by atoms with Crippen molar-refractivity contribution < 1.29 is 20.1 Å². The molecular formula is C21H38N4O5. The molecule has 0 spiro atoms. The summed E-state index contributed by atoms with van der Waals surface area (Å²) in [5.41, 5.74) is 6.00. The second-order valence-corrected chi connectivity index (χ2v) is 8.08. The van der Waals surface area contributed by atoms with Gasteiger partial charge in [-0.3, -0.25) is 4.57 Å². The number of nitrogen functional groups attached to an aromatic ring is 1. The third-order valence-corrected chi connectivity index (χ3v) is 5.68. The number of nitrogens with zero attached hydrogens (tertiary/aromatic N) is 3. The second-order valence-electron chi connectivity index (χ2n) is 8.08. The second kappa shape index (κ2) is 12.4. The molecule has 0 unspecified atom stereocenters. The largest absolute Gasteiger partial charge is 0.394 e. The lowest BCUT2D eigenvalue weighted by molar-refractivity contribution is -0.0550. The van der Waals surface area contributed by atoms with Crippen molar-refractivity contribution in [3.05, 3.63) is 22.2 Å². The van der Waals surface area contributed by atoms with Gasteiger partial charge in [0.1, 0.15) is 24.1 Å². The Morgan fingerprint density at radius 2 is 1.73 bits per heavy atom. The van der Waals surface area contributed by atoms with Gasteiger partial charge in [-0.1, -0.05) is 26.7 Å². The van der Waals surface area contributed by atoms with E-state index in [4.69, 9.17) is 10.5 Å². The van der Waals surface area contributed by atoms with Crippen LogP contribution in [0.4, 0.5) is 5.82 Å². The first-order chi connectivity index (χ1) is 14.4. The summed E-state index contributed by atoms with van der Waals surface area (Å²) in [6, 6.07) is 0. The Bertz CT molecular complexity index is 690. The molecule has 2 rings (SSSR count). The lowest BCUT2D eigenvalue weighted by Crippen LogP contribution is -2.36. The summed E-state index contributed by atoms with van der Waals surface area (Å²) in [5, 5.41) is 29.4. The molecule has 1 fully saturated rings. The summed E-state index contributed by atoms with van der Waals surface area (Å²) in [7, 11) is 0. The molecule has 1 aromatic rings. The Morgan fingerprint density at radius 1 is 1.10 bits per heavy atom. The Kier molecular flexibility index (Phi) is 10.2. The van der Waals surface area contributed by atoms with Crippen LogP contribution in [-0.4, -0.2) is 74.3 Å². The van der Waals surface area contributed by atoms with E-state index in [-0.39, 0.29) is 5.82 Å². The molecule has 1 aliphatic rings. The maximum atomic E-state index is 12.3. The van der Waals surface area contributed by atoms with Crippen LogP contribution in [0.2, 0.25) is 0 Å². The first-order valence-corrected chi connectivity index (χ1v) is 11.1. The van der Waals surface area contributed by atoms with Crippen LogP contribution < -0.4 is 11.4 Å². The summed E-state index contributed by atoms with van der Waals surface area (Å²) in [4.78, 5) is 18.6. The number of aromatic nitrogens is 2. The van der Waals surface area contributed by atoms with E-state index in [1.807, 2.05) is 0 Å². The summed E-state index contributed by atoms with van der Waals surface area (Å²) < 4.78 is 6.61. The molecule has 0 radical (unpaired) electrons. The number of aryl methyl sites for hydroxylation is 1. The lowest BCUT2D eigenvalue weighted by atomic mass is 10.1. The van der Waals surface area contributed by atoms with Crippen molar-refractivity contribution in [3.63, 3.8) is 0 Å². The van der Waals surface area contributed by atoms with Crippen molar-refractivity contribution >= 4 is 5.82 Å². The zero-order valence-electron chi connectivity index (χ0n) is 18.2. The molecule has 172 valence electrons. The molecule has 0 bridgehead atoms. The Morgan fingerprint density at radius 3 is 2.30 bits per heavy atom. The highest BCUT2D eigenvalue weighted by Crippen LogP contribution is 2.28. The van der Waals surface area contributed by atoms with Crippen LogP contribution in [0.5, 0.6) is 0 Å². The molecule has 30 heavy (non-hydrogen) atoms. The molecular weight excluding hydrogens is 388 g/mol. The minimum atomic E-state index is -1.33. The first kappa shape index (κ1) is 24.7. The number of nitrogens with two attached hydrogens (primary N) is 1. The number of rotatable bonds is 13. The predicted molar refractivity (Wildman–Crippen MR) is 115 cm³/mol. The van der Waals surface area contributed by atoms with Crippen molar-refractivity contribution in [2.24, 2.45) is 0 Å². The van der Waals surface area contributed by atoms with E-state index in [0.717, 1.165) is 37.0 Å². The Hall–Kier alpha value is -1.52. The smallest absolute Gasteiger partial charge is 0.351 e. The number of aliphatic hydroxyl groups excluding tert-OH is 3. The van der Waals surface area contributed by atoms with Crippen LogP contribution in [0.15, 0.2) is 11.0 Å². The Labute approximate surface area is 178 Å². The minimum absolute atomic E-state index is 0.178. The molecule has 9 nitrogen and oxygen atoms in total. The van der Waals surface area contributed by atoms with Crippen molar-refractivity contribution in [3.8, 4) is 0 Å². The zero-order valence-corrected chi connectivity index (χ0v) is 18.2. The van der Waals surface area contributed by atoms with Crippen LogP contribution in [-0.2, 0) is 11.2 Å². The van der Waals surface area contributed by atoms with Crippen LogP contribution >= 0.6 is 0 Å². The summed E-state index contributed by atoms with van der Waals surface area (Å²) >= 11 is 0. The van der Waals surface area contributed by atoms with Gasteiger partial charge in [0.15, 0.2) is 6.23 Å².